The van der Waals surface area contributed by atoms with E-state index in [1.54, 1.807) is 0 Å². The van der Waals surface area contributed by atoms with Gasteiger partial charge in [-0.2, -0.15) is 4.98 Å². The van der Waals surface area contributed by atoms with Crippen molar-refractivity contribution in [3.05, 3.63) is 35.4 Å². The van der Waals surface area contributed by atoms with E-state index in [9.17, 15) is 0 Å². The fraction of sp³-hybridized carbons (Fsp3) is 0.647. The van der Waals surface area contributed by atoms with Crippen LogP contribution in [0.4, 0.5) is 0 Å². The van der Waals surface area contributed by atoms with E-state index in [1.807, 2.05) is 19.9 Å². The predicted molar refractivity (Wildman–Crippen MR) is 87.2 cm³/mol. The molecule has 0 bridgehead atoms. The van der Waals surface area contributed by atoms with Gasteiger partial charge in [0.2, 0.25) is 5.89 Å². The normalized spacial score (nSPS) is 18.4. The van der Waals surface area contributed by atoms with Crippen molar-refractivity contribution in [1.82, 2.24) is 19.9 Å². The van der Waals surface area contributed by atoms with Crippen molar-refractivity contribution in [3.63, 3.8) is 0 Å². The van der Waals surface area contributed by atoms with E-state index in [0.717, 1.165) is 63.0 Å². The number of aromatic nitrogens is 2. The van der Waals surface area contributed by atoms with Crippen molar-refractivity contribution in [2.45, 2.75) is 39.7 Å². The van der Waals surface area contributed by atoms with Crippen LogP contribution in [0.3, 0.4) is 0 Å². The molecule has 0 N–H and O–H groups in total. The van der Waals surface area contributed by atoms with Gasteiger partial charge in [0.25, 0.3) is 0 Å². The fourth-order valence-electron chi connectivity index (χ4n) is 3.01. The van der Waals surface area contributed by atoms with Crippen LogP contribution in [-0.4, -0.2) is 52.7 Å². The summed E-state index contributed by atoms with van der Waals surface area (Å²) >= 11 is 0. The molecule has 6 heteroatoms. The molecule has 0 aliphatic carbocycles. The first-order valence-electron chi connectivity index (χ1n) is 8.40. The SMILES string of the molecule is Cc1ccc(C(C)CCN2CCN(Cc3noc(C)n3)CC2)o1. The van der Waals surface area contributed by atoms with E-state index < -0.39 is 0 Å². The average Bonchev–Trinajstić information content (AvgIpc) is 3.15. The van der Waals surface area contributed by atoms with E-state index in [-0.39, 0.29) is 0 Å². The van der Waals surface area contributed by atoms with Gasteiger partial charge in [-0.3, -0.25) is 4.90 Å². The molecular weight excluding hydrogens is 292 g/mol. The summed E-state index contributed by atoms with van der Waals surface area (Å²) in [7, 11) is 0. The van der Waals surface area contributed by atoms with Crippen molar-refractivity contribution < 1.29 is 8.94 Å². The van der Waals surface area contributed by atoms with E-state index in [0.29, 0.717) is 11.8 Å². The van der Waals surface area contributed by atoms with Crippen LogP contribution in [0.1, 0.15) is 42.5 Å². The smallest absolute Gasteiger partial charge is 0.223 e. The summed E-state index contributed by atoms with van der Waals surface area (Å²) in [5.41, 5.74) is 0. The molecule has 3 rings (SSSR count). The van der Waals surface area contributed by atoms with Gasteiger partial charge < -0.3 is 13.8 Å². The molecule has 1 saturated heterocycles. The molecule has 0 radical (unpaired) electrons. The van der Waals surface area contributed by atoms with Gasteiger partial charge in [0, 0.05) is 39.0 Å². The second-order valence-electron chi connectivity index (χ2n) is 6.49. The minimum absolute atomic E-state index is 0.476. The van der Waals surface area contributed by atoms with Crippen LogP contribution in [0, 0.1) is 13.8 Å². The van der Waals surface area contributed by atoms with Crippen molar-refractivity contribution in [1.29, 1.82) is 0 Å². The molecule has 0 spiro atoms. The van der Waals surface area contributed by atoms with Crippen LogP contribution in [0.25, 0.3) is 0 Å². The molecule has 126 valence electrons. The maximum Gasteiger partial charge on any atom is 0.223 e. The summed E-state index contributed by atoms with van der Waals surface area (Å²) in [5, 5.41) is 3.97. The van der Waals surface area contributed by atoms with Gasteiger partial charge >= 0.3 is 0 Å². The zero-order valence-corrected chi connectivity index (χ0v) is 14.3. The van der Waals surface area contributed by atoms with Gasteiger partial charge in [-0.1, -0.05) is 12.1 Å². The summed E-state index contributed by atoms with van der Waals surface area (Å²) in [6.07, 6.45) is 1.14. The summed E-state index contributed by atoms with van der Waals surface area (Å²) in [5.74, 6) is 4.01. The Kier molecular flexibility index (Phi) is 5.13. The Hall–Kier alpha value is -1.66. The van der Waals surface area contributed by atoms with Crippen molar-refractivity contribution in [3.8, 4) is 0 Å². The molecule has 6 nitrogen and oxygen atoms in total. The Balaban J connectivity index is 1.39. The molecule has 1 atom stereocenters. The highest BCUT2D eigenvalue weighted by molar-refractivity contribution is 5.09. The Labute approximate surface area is 137 Å². The third-order valence-corrected chi connectivity index (χ3v) is 4.52. The number of rotatable bonds is 6. The number of hydrogen-bond donors (Lipinski definition) is 0. The topological polar surface area (TPSA) is 58.5 Å². The van der Waals surface area contributed by atoms with Crippen LogP contribution in [0.15, 0.2) is 21.1 Å². The standard InChI is InChI=1S/C17H26N4O2/c1-13(16-5-4-14(2)22-16)6-7-20-8-10-21(11-9-20)12-17-18-15(3)23-19-17/h4-5,13H,6-12H2,1-3H3. The monoisotopic (exact) mass is 318 g/mol. The van der Waals surface area contributed by atoms with Crippen molar-refractivity contribution >= 4 is 0 Å². The molecule has 1 aliphatic rings. The van der Waals surface area contributed by atoms with E-state index in [2.05, 4.69) is 32.9 Å². The first-order chi connectivity index (χ1) is 11.1. The molecule has 1 fully saturated rings. The molecule has 2 aromatic heterocycles. The molecule has 0 aromatic carbocycles. The van der Waals surface area contributed by atoms with Gasteiger partial charge in [0.1, 0.15) is 11.5 Å². The zero-order valence-electron chi connectivity index (χ0n) is 14.3. The lowest BCUT2D eigenvalue weighted by Gasteiger charge is -2.34. The Morgan fingerprint density at radius 1 is 1.13 bits per heavy atom. The van der Waals surface area contributed by atoms with Crippen LogP contribution in [0.2, 0.25) is 0 Å². The Morgan fingerprint density at radius 3 is 2.48 bits per heavy atom. The third kappa shape index (κ3) is 4.42. The second kappa shape index (κ2) is 7.27. The highest BCUT2D eigenvalue weighted by Gasteiger charge is 2.19. The van der Waals surface area contributed by atoms with Crippen molar-refractivity contribution in [2.75, 3.05) is 32.7 Å². The third-order valence-electron chi connectivity index (χ3n) is 4.52. The maximum atomic E-state index is 5.72. The van der Waals surface area contributed by atoms with Gasteiger partial charge in [-0.15, -0.1) is 0 Å². The van der Waals surface area contributed by atoms with E-state index >= 15 is 0 Å². The largest absolute Gasteiger partial charge is 0.466 e. The molecule has 0 amide bonds. The van der Waals surface area contributed by atoms with E-state index in [4.69, 9.17) is 8.94 Å². The molecular formula is C17H26N4O2. The van der Waals surface area contributed by atoms with Gasteiger partial charge in [0.15, 0.2) is 5.82 Å². The summed E-state index contributed by atoms with van der Waals surface area (Å²) in [6.45, 7) is 12.3. The summed E-state index contributed by atoms with van der Waals surface area (Å²) < 4.78 is 10.7. The maximum absolute atomic E-state index is 5.72. The van der Waals surface area contributed by atoms with Gasteiger partial charge in [-0.25, -0.2) is 0 Å². The average molecular weight is 318 g/mol. The molecule has 23 heavy (non-hydrogen) atoms. The van der Waals surface area contributed by atoms with Gasteiger partial charge in [0.05, 0.1) is 6.54 Å². The quantitative estimate of drug-likeness (QED) is 0.816. The highest BCUT2D eigenvalue weighted by atomic mass is 16.5. The molecule has 1 unspecified atom stereocenters. The summed E-state index contributed by atoms with van der Waals surface area (Å²) in [4.78, 5) is 9.20. The first kappa shape index (κ1) is 16.2. The fourth-order valence-corrected chi connectivity index (χ4v) is 3.01. The van der Waals surface area contributed by atoms with E-state index in [1.165, 1.54) is 0 Å². The number of nitrogens with zero attached hydrogens (tertiary/aromatic N) is 4. The lowest BCUT2D eigenvalue weighted by Crippen LogP contribution is -2.46. The van der Waals surface area contributed by atoms with Crippen LogP contribution < -0.4 is 0 Å². The molecule has 2 aromatic rings. The molecule has 1 aliphatic heterocycles. The van der Waals surface area contributed by atoms with Crippen LogP contribution in [-0.2, 0) is 6.54 Å². The van der Waals surface area contributed by atoms with Crippen molar-refractivity contribution in [2.24, 2.45) is 0 Å². The van der Waals surface area contributed by atoms with Gasteiger partial charge in [-0.05, 0) is 32.0 Å². The molecule has 0 saturated carbocycles. The minimum atomic E-state index is 0.476. The second-order valence-corrected chi connectivity index (χ2v) is 6.49. The number of aryl methyl sites for hydroxylation is 2. The minimum Gasteiger partial charge on any atom is -0.466 e. The number of hydrogen-bond acceptors (Lipinski definition) is 6. The molecule has 3 heterocycles. The number of furan rings is 1. The van der Waals surface area contributed by atoms with Crippen LogP contribution >= 0.6 is 0 Å². The Bertz CT molecular complexity index is 614. The first-order valence-corrected chi connectivity index (χ1v) is 8.40. The number of piperazine rings is 1. The highest BCUT2D eigenvalue weighted by Crippen LogP contribution is 2.21. The van der Waals surface area contributed by atoms with Crippen LogP contribution in [0.5, 0.6) is 0 Å². The lowest BCUT2D eigenvalue weighted by molar-refractivity contribution is 0.121. The lowest BCUT2D eigenvalue weighted by atomic mass is 10.0. The Morgan fingerprint density at radius 2 is 1.87 bits per heavy atom. The zero-order chi connectivity index (χ0) is 16.2. The predicted octanol–water partition coefficient (Wildman–Crippen LogP) is 2.59. The summed E-state index contributed by atoms with van der Waals surface area (Å²) in [6, 6.07) is 4.15.